The van der Waals surface area contributed by atoms with Gasteiger partial charge in [0.25, 0.3) is 0 Å². The summed E-state index contributed by atoms with van der Waals surface area (Å²) in [7, 11) is 0. The van der Waals surface area contributed by atoms with Gasteiger partial charge in [-0.05, 0) is 0 Å². The smallest absolute Gasteiger partial charge is 0.348 e. The molecule has 0 spiro atoms. The third-order valence-electron chi connectivity index (χ3n) is 0.350. The second-order valence-electron chi connectivity index (χ2n) is 1.07. The number of aliphatic carboxylic acids is 1. The molecule has 6 nitrogen and oxygen atoms in total. The molecule has 0 aromatic heterocycles. The van der Waals surface area contributed by atoms with Gasteiger partial charge in [-0.25, -0.2) is 15.0 Å². The molecule has 6 heteroatoms. The number of nitrogens with two attached hydrogens (primary N) is 1. The van der Waals surface area contributed by atoms with Crippen molar-refractivity contribution in [2.45, 2.75) is 0 Å². The fourth-order valence-electron chi connectivity index (χ4n) is 0.151. The molecule has 0 saturated carbocycles. The Morgan fingerprint density at radius 3 is 2.56 bits per heavy atom. The molecule has 0 aromatic rings. The van der Waals surface area contributed by atoms with Crippen molar-refractivity contribution in [3.05, 3.63) is 0 Å². The van der Waals surface area contributed by atoms with E-state index in [1.807, 2.05) is 0 Å². The van der Waals surface area contributed by atoms with Gasteiger partial charge < -0.3 is 10.8 Å². The van der Waals surface area contributed by atoms with E-state index in [0.717, 1.165) is 0 Å². The van der Waals surface area contributed by atoms with Gasteiger partial charge in [-0.3, -0.25) is 0 Å². The van der Waals surface area contributed by atoms with Crippen molar-refractivity contribution in [2.75, 3.05) is 0 Å². The summed E-state index contributed by atoms with van der Waals surface area (Å²) in [5, 5.41) is 10.8. The first-order chi connectivity index (χ1) is 4.13. The van der Waals surface area contributed by atoms with Gasteiger partial charge >= 0.3 is 12.0 Å². The van der Waals surface area contributed by atoms with Gasteiger partial charge in [0.15, 0.2) is 0 Å². The van der Waals surface area contributed by atoms with E-state index in [1.165, 1.54) is 0 Å². The minimum atomic E-state index is -1.25. The number of rotatable bonds is 2. The van der Waals surface area contributed by atoms with Crippen LogP contribution < -0.4 is 11.2 Å². The summed E-state index contributed by atoms with van der Waals surface area (Å²) in [6.45, 7) is 0. The molecule has 4 N–H and O–H groups in total. The van der Waals surface area contributed by atoms with Crippen molar-refractivity contribution >= 4 is 18.2 Å². The average molecular weight is 131 g/mol. The van der Waals surface area contributed by atoms with Crippen molar-refractivity contribution in [3.8, 4) is 0 Å². The molecule has 0 saturated heterocycles. The van der Waals surface area contributed by atoms with Crippen LogP contribution in [0.1, 0.15) is 0 Å². The number of nitrogens with one attached hydrogen (secondary N) is 1. The number of carbonyl (C=O) groups excluding carboxylic acids is 1. The minimum Gasteiger partial charge on any atom is -0.477 e. The van der Waals surface area contributed by atoms with Crippen LogP contribution >= 0.6 is 0 Å². The normalized spacial score (nSPS) is 9.33. The lowest BCUT2D eigenvalue weighted by Crippen LogP contribution is -2.24. The highest BCUT2D eigenvalue weighted by Crippen LogP contribution is 1.57. The van der Waals surface area contributed by atoms with Crippen molar-refractivity contribution in [2.24, 2.45) is 10.8 Å². The van der Waals surface area contributed by atoms with Crippen LogP contribution in [0.15, 0.2) is 5.10 Å². The lowest BCUT2D eigenvalue weighted by atomic mass is 10.8. The van der Waals surface area contributed by atoms with Crippen LogP contribution in [0.2, 0.25) is 0 Å². The van der Waals surface area contributed by atoms with Crippen LogP contribution in [0.5, 0.6) is 0 Å². The van der Waals surface area contributed by atoms with Crippen molar-refractivity contribution < 1.29 is 14.7 Å². The Morgan fingerprint density at radius 1 is 1.67 bits per heavy atom. The number of primary amides is 1. The average Bonchev–Trinajstić information content (AvgIpc) is 1.63. The monoisotopic (exact) mass is 131 g/mol. The minimum absolute atomic E-state index is 0.519. The number of nitrogens with zero attached hydrogens (tertiary/aromatic N) is 1. The highest BCUT2D eigenvalue weighted by molar-refractivity contribution is 6.22. The van der Waals surface area contributed by atoms with E-state index in [0.29, 0.717) is 6.21 Å². The van der Waals surface area contributed by atoms with Crippen molar-refractivity contribution in [1.29, 1.82) is 0 Å². The number of carboxylic acids is 1. The molecule has 0 aromatic carbocycles. The molecule has 0 heterocycles. The van der Waals surface area contributed by atoms with Crippen molar-refractivity contribution in [3.63, 3.8) is 0 Å². The summed E-state index contributed by atoms with van der Waals surface area (Å²) in [6, 6.07) is -0.896. The highest BCUT2D eigenvalue weighted by Gasteiger charge is 1.86. The molecule has 9 heavy (non-hydrogen) atoms. The van der Waals surface area contributed by atoms with Gasteiger partial charge in [0, 0.05) is 0 Å². The lowest BCUT2D eigenvalue weighted by Gasteiger charge is -1.86. The summed E-state index contributed by atoms with van der Waals surface area (Å²) in [6.07, 6.45) is 0.519. The number of hydrogen-bond donors (Lipinski definition) is 3. The van der Waals surface area contributed by atoms with Gasteiger partial charge in [0.05, 0.1) is 0 Å². The Bertz CT molecular complexity index is 152. The first kappa shape index (κ1) is 7.41. The van der Waals surface area contributed by atoms with E-state index in [2.05, 4.69) is 10.8 Å². The molecule has 0 radical (unpaired) electrons. The fraction of sp³-hybridized carbons (Fsp3) is 0. The molecule has 0 aliphatic rings. The molecule has 2 amide bonds. The number of urea groups is 1. The van der Waals surface area contributed by atoms with E-state index >= 15 is 0 Å². The van der Waals surface area contributed by atoms with Gasteiger partial charge in [0.2, 0.25) is 0 Å². The maximum absolute atomic E-state index is 9.79. The predicted molar refractivity (Wildman–Crippen MR) is 28.8 cm³/mol. The van der Waals surface area contributed by atoms with Crippen LogP contribution in [-0.2, 0) is 4.79 Å². The molecular formula is C3H5N3O3. The van der Waals surface area contributed by atoms with Gasteiger partial charge in [-0.2, -0.15) is 5.10 Å². The van der Waals surface area contributed by atoms with Gasteiger partial charge in [-0.1, -0.05) is 0 Å². The molecule has 0 atom stereocenters. The maximum atomic E-state index is 9.79. The summed E-state index contributed by atoms with van der Waals surface area (Å²) in [4.78, 5) is 19.4. The summed E-state index contributed by atoms with van der Waals surface area (Å²) in [5.41, 5.74) is 6.23. The Morgan fingerprint density at radius 2 is 2.22 bits per heavy atom. The number of hydrazone groups is 1. The molecule has 0 aliphatic carbocycles. The Labute approximate surface area is 50.3 Å². The standard InChI is InChI=1S/C3H5N3O3/c4-3(9)6-5-1-2(7)8/h1H,(H,7,8)(H3,4,6,9). The summed E-state index contributed by atoms with van der Waals surface area (Å²) >= 11 is 0. The topological polar surface area (TPSA) is 105 Å². The molecule has 0 fully saturated rings. The fourth-order valence-corrected chi connectivity index (χ4v) is 0.151. The quantitative estimate of drug-likeness (QED) is 0.321. The SMILES string of the molecule is NC(=O)NN=CC(=O)O. The van der Waals surface area contributed by atoms with E-state index in [1.54, 1.807) is 5.43 Å². The lowest BCUT2D eigenvalue weighted by molar-refractivity contribution is -0.128. The molecular weight excluding hydrogens is 126 g/mol. The Hall–Kier alpha value is -1.59. The molecule has 50 valence electrons. The second kappa shape index (κ2) is 3.42. The van der Waals surface area contributed by atoms with Crippen LogP contribution in [-0.4, -0.2) is 23.3 Å². The van der Waals surface area contributed by atoms with Crippen LogP contribution in [0.3, 0.4) is 0 Å². The third-order valence-corrected chi connectivity index (χ3v) is 0.350. The van der Waals surface area contributed by atoms with E-state index in [-0.39, 0.29) is 0 Å². The zero-order valence-corrected chi connectivity index (χ0v) is 4.37. The van der Waals surface area contributed by atoms with Crippen LogP contribution in [0.25, 0.3) is 0 Å². The van der Waals surface area contributed by atoms with Crippen molar-refractivity contribution in [1.82, 2.24) is 5.43 Å². The molecule has 0 rings (SSSR count). The largest absolute Gasteiger partial charge is 0.477 e. The van der Waals surface area contributed by atoms with E-state index in [9.17, 15) is 9.59 Å². The first-order valence-corrected chi connectivity index (χ1v) is 1.94. The third kappa shape index (κ3) is 6.41. The van der Waals surface area contributed by atoms with Crippen LogP contribution in [0, 0.1) is 0 Å². The predicted octanol–water partition coefficient (Wildman–Crippen LogP) is -1.27. The number of carbonyl (C=O) groups is 2. The van der Waals surface area contributed by atoms with Gasteiger partial charge in [0.1, 0.15) is 6.21 Å². The second-order valence-corrected chi connectivity index (χ2v) is 1.07. The number of amides is 2. The van der Waals surface area contributed by atoms with Gasteiger partial charge in [-0.15, -0.1) is 0 Å². The van der Waals surface area contributed by atoms with E-state index < -0.39 is 12.0 Å². The first-order valence-electron chi connectivity index (χ1n) is 1.94. The number of hydrogen-bond acceptors (Lipinski definition) is 3. The Kier molecular flexibility index (Phi) is 2.81. The molecule has 0 unspecified atom stereocenters. The maximum Gasteiger partial charge on any atom is 0.348 e. The zero-order valence-electron chi connectivity index (χ0n) is 4.37. The zero-order chi connectivity index (χ0) is 7.28. The summed E-state index contributed by atoms with van der Waals surface area (Å²) in [5.74, 6) is -1.25. The number of carboxylic acid groups (broad SMARTS) is 1. The van der Waals surface area contributed by atoms with Crippen LogP contribution in [0.4, 0.5) is 4.79 Å². The molecule has 0 aliphatic heterocycles. The highest BCUT2D eigenvalue weighted by atomic mass is 16.4. The Balaban J connectivity index is 3.48. The van der Waals surface area contributed by atoms with E-state index in [4.69, 9.17) is 5.11 Å². The summed E-state index contributed by atoms with van der Waals surface area (Å²) < 4.78 is 0. The molecule has 0 bridgehead atoms.